The van der Waals surface area contributed by atoms with Crippen LogP contribution >= 0.6 is 0 Å². The Bertz CT molecular complexity index is 1150. The molecule has 0 atom stereocenters. The predicted molar refractivity (Wildman–Crippen MR) is 114 cm³/mol. The summed E-state index contributed by atoms with van der Waals surface area (Å²) >= 11 is 0. The first-order valence-electron chi connectivity index (χ1n) is 10.0. The molecule has 6 heteroatoms. The number of rotatable bonds is 9. The van der Waals surface area contributed by atoms with Gasteiger partial charge in [-0.3, -0.25) is 0 Å². The second-order valence-corrected chi connectivity index (χ2v) is 7.02. The first-order valence-corrected chi connectivity index (χ1v) is 10.0. The van der Waals surface area contributed by atoms with Crippen LogP contribution in [0.25, 0.3) is 21.9 Å². The topological polar surface area (TPSA) is 78.9 Å². The summed E-state index contributed by atoms with van der Waals surface area (Å²) < 4.78 is 21.8. The lowest BCUT2D eigenvalue weighted by atomic mass is 10.2. The predicted octanol–water partition coefficient (Wildman–Crippen LogP) is 4.92. The molecule has 0 spiro atoms. The first-order chi connectivity index (χ1) is 14.7. The summed E-state index contributed by atoms with van der Waals surface area (Å²) in [6.07, 6.45) is 3.91. The van der Waals surface area contributed by atoms with Gasteiger partial charge in [-0.05, 0) is 62.1 Å². The summed E-state index contributed by atoms with van der Waals surface area (Å²) in [5.74, 6) is 1.39. The van der Waals surface area contributed by atoms with Gasteiger partial charge in [-0.25, -0.2) is 9.59 Å². The molecular weight excluding hydrogens is 384 g/mol. The minimum Gasteiger partial charge on any atom is -0.493 e. The van der Waals surface area contributed by atoms with Crippen molar-refractivity contribution >= 4 is 21.9 Å². The maximum atomic E-state index is 11.3. The van der Waals surface area contributed by atoms with E-state index in [0.29, 0.717) is 35.9 Å². The smallest absolute Gasteiger partial charge is 0.336 e. The molecule has 0 amide bonds. The zero-order valence-corrected chi connectivity index (χ0v) is 16.5. The SMILES string of the molecule is O=c1ccc2ccc(OCCCCCCOc3ccc4ccc(=O)oc4c3)cc2o1. The molecule has 0 fully saturated rings. The third-order valence-electron chi connectivity index (χ3n) is 4.77. The Kier molecular flexibility index (Phi) is 6.13. The molecule has 2 heterocycles. The fraction of sp³-hybridized carbons (Fsp3) is 0.250. The van der Waals surface area contributed by atoms with Crippen molar-refractivity contribution in [1.82, 2.24) is 0 Å². The van der Waals surface area contributed by atoms with Crippen molar-refractivity contribution in [3.05, 3.63) is 81.5 Å². The fourth-order valence-electron chi connectivity index (χ4n) is 3.20. The molecule has 0 unspecified atom stereocenters. The van der Waals surface area contributed by atoms with Crippen molar-refractivity contribution in [2.24, 2.45) is 0 Å². The van der Waals surface area contributed by atoms with Crippen LogP contribution in [-0.4, -0.2) is 13.2 Å². The molecule has 0 aliphatic carbocycles. The van der Waals surface area contributed by atoms with Gasteiger partial charge in [0.1, 0.15) is 22.7 Å². The molecule has 0 saturated carbocycles. The van der Waals surface area contributed by atoms with E-state index in [1.165, 1.54) is 12.1 Å². The van der Waals surface area contributed by atoms with Crippen LogP contribution in [0.2, 0.25) is 0 Å². The zero-order chi connectivity index (χ0) is 20.8. The maximum absolute atomic E-state index is 11.3. The number of benzene rings is 2. The van der Waals surface area contributed by atoms with Crippen LogP contribution in [0.1, 0.15) is 25.7 Å². The van der Waals surface area contributed by atoms with Crippen molar-refractivity contribution in [2.45, 2.75) is 25.7 Å². The molecule has 0 saturated heterocycles. The Morgan fingerprint density at radius 3 is 1.47 bits per heavy atom. The van der Waals surface area contributed by atoms with Gasteiger partial charge in [-0.1, -0.05) is 0 Å². The van der Waals surface area contributed by atoms with Gasteiger partial charge in [0, 0.05) is 35.0 Å². The van der Waals surface area contributed by atoms with Crippen LogP contribution < -0.4 is 20.7 Å². The van der Waals surface area contributed by atoms with E-state index in [1.54, 1.807) is 24.3 Å². The van der Waals surface area contributed by atoms with E-state index in [1.807, 2.05) is 24.3 Å². The van der Waals surface area contributed by atoms with E-state index >= 15 is 0 Å². The minimum atomic E-state index is -0.366. The van der Waals surface area contributed by atoms with Crippen molar-refractivity contribution in [3.63, 3.8) is 0 Å². The molecule has 0 bridgehead atoms. The number of ether oxygens (including phenoxy) is 2. The van der Waals surface area contributed by atoms with Gasteiger partial charge in [0.25, 0.3) is 0 Å². The van der Waals surface area contributed by atoms with Crippen LogP contribution in [0.3, 0.4) is 0 Å². The fourth-order valence-corrected chi connectivity index (χ4v) is 3.20. The third-order valence-corrected chi connectivity index (χ3v) is 4.77. The van der Waals surface area contributed by atoms with E-state index in [-0.39, 0.29) is 11.3 Å². The van der Waals surface area contributed by atoms with Crippen LogP contribution in [0.15, 0.2) is 79.1 Å². The molecule has 2 aromatic carbocycles. The first kappa shape index (κ1) is 19.8. The van der Waals surface area contributed by atoms with E-state index in [9.17, 15) is 9.59 Å². The number of hydrogen-bond acceptors (Lipinski definition) is 6. The normalized spacial score (nSPS) is 11.1. The average molecular weight is 406 g/mol. The summed E-state index contributed by atoms with van der Waals surface area (Å²) in [6.45, 7) is 1.21. The lowest BCUT2D eigenvalue weighted by Crippen LogP contribution is -2.00. The third kappa shape index (κ3) is 5.08. The Hall–Kier alpha value is -3.54. The zero-order valence-electron chi connectivity index (χ0n) is 16.5. The standard InChI is InChI=1S/C24H22O6/c25-23-11-7-17-5-9-19(15-21(17)29-23)27-13-3-1-2-4-14-28-20-10-6-18-8-12-24(26)30-22(18)16-20/h5-12,15-16H,1-4,13-14H2. The second kappa shape index (κ2) is 9.31. The molecule has 0 aliphatic heterocycles. The molecular formula is C24H22O6. The van der Waals surface area contributed by atoms with Crippen LogP contribution in [0, 0.1) is 0 Å². The van der Waals surface area contributed by atoms with Crippen molar-refractivity contribution < 1.29 is 18.3 Å². The van der Waals surface area contributed by atoms with E-state index in [0.717, 1.165) is 36.5 Å². The largest absolute Gasteiger partial charge is 0.493 e. The van der Waals surface area contributed by atoms with Crippen molar-refractivity contribution in [1.29, 1.82) is 0 Å². The molecule has 0 N–H and O–H groups in total. The Labute approximate surface area is 172 Å². The van der Waals surface area contributed by atoms with Crippen LogP contribution in [0.4, 0.5) is 0 Å². The highest BCUT2D eigenvalue weighted by molar-refractivity contribution is 5.78. The summed E-state index contributed by atoms with van der Waals surface area (Å²) in [5, 5.41) is 1.74. The Morgan fingerprint density at radius 2 is 1.00 bits per heavy atom. The molecule has 30 heavy (non-hydrogen) atoms. The van der Waals surface area contributed by atoms with Gasteiger partial charge in [0.15, 0.2) is 0 Å². The van der Waals surface area contributed by atoms with E-state index in [4.69, 9.17) is 18.3 Å². The Morgan fingerprint density at radius 1 is 0.567 bits per heavy atom. The van der Waals surface area contributed by atoms with E-state index in [2.05, 4.69) is 0 Å². The van der Waals surface area contributed by atoms with Gasteiger partial charge >= 0.3 is 11.3 Å². The molecule has 0 aliphatic rings. The molecule has 4 aromatic rings. The van der Waals surface area contributed by atoms with Gasteiger partial charge in [0.05, 0.1) is 13.2 Å². The quantitative estimate of drug-likeness (QED) is 0.290. The second-order valence-electron chi connectivity index (χ2n) is 7.02. The molecule has 2 aromatic heterocycles. The lowest BCUT2D eigenvalue weighted by molar-refractivity contribution is 0.287. The van der Waals surface area contributed by atoms with E-state index < -0.39 is 0 Å². The highest BCUT2D eigenvalue weighted by atomic mass is 16.5. The molecule has 154 valence electrons. The van der Waals surface area contributed by atoms with Crippen LogP contribution in [0.5, 0.6) is 11.5 Å². The minimum absolute atomic E-state index is 0.366. The highest BCUT2D eigenvalue weighted by Gasteiger charge is 2.02. The molecule has 0 radical (unpaired) electrons. The van der Waals surface area contributed by atoms with Crippen molar-refractivity contribution in [3.8, 4) is 11.5 Å². The monoisotopic (exact) mass is 406 g/mol. The molecule has 6 nitrogen and oxygen atoms in total. The summed E-state index contributed by atoms with van der Waals surface area (Å²) in [6, 6.07) is 17.3. The average Bonchev–Trinajstić information content (AvgIpc) is 2.75. The van der Waals surface area contributed by atoms with Gasteiger partial charge in [-0.15, -0.1) is 0 Å². The lowest BCUT2D eigenvalue weighted by Gasteiger charge is -2.08. The highest BCUT2D eigenvalue weighted by Crippen LogP contribution is 2.21. The summed E-state index contributed by atoms with van der Waals surface area (Å²) in [7, 11) is 0. The van der Waals surface area contributed by atoms with Gasteiger partial charge < -0.3 is 18.3 Å². The van der Waals surface area contributed by atoms with Crippen molar-refractivity contribution in [2.75, 3.05) is 13.2 Å². The number of fused-ring (bicyclic) bond motifs is 2. The maximum Gasteiger partial charge on any atom is 0.336 e. The van der Waals surface area contributed by atoms with Gasteiger partial charge in [-0.2, -0.15) is 0 Å². The Balaban J connectivity index is 1.15. The number of unbranched alkanes of at least 4 members (excludes halogenated alkanes) is 3. The summed E-state index contributed by atoms with van der Waals surface area (Å²) in [5.41, 5.74) is 0.334. The summed E-state index contributed by atoms with van der Waals surface area (Å²) in [4.78, 5) is 22.6. The number of hydrogen-bond donors (Lipinski definition) is 0. The van der Waals surface area contributed by atoms with Gasteiger partial charge in [0.2, 0.25) is 0 Å². The molecule has 4 rings (SSSR count). The van der Waals surface area contributed by atoms with Crippen LogP contribution in [-0.2, 0) is 0 Å².